The lowest BCUT2D eigenvalue weighted by molar-refractivity contribution is 0.660. The molecule has 2 aliphatic carbocycles. The van der Waals surface area contributed by atoms with Gasteiger partial charge < -0.3 is 4.90 Å². The minimum Gasteiger partial charge on any atom is -0.314 e. The van der Waals surface area contributed by atoms with Gasteiger partial charge in [0.15, 0.2) is 0 Å². The van der Waals surface area contributed by atoms with Gasteiger partial charge in [0.05, 0.1) is 16.7 Å². The monoisotopic (exact) mass is 681 g/mol. The van der Waals surface area contributed by atoms with Gasteiger partial charge >= 0.3 is 0 Å². The molecule has 0 amide bonds. The molecular weight excluding hydrogens is 643 g/mol. The Morgan fingerprint density at radius 1 is 0.604 bits per heavy atom. The van der Waals surface area contributed by atoms with E-state index in [1.165, 1.54) is 55.5 Å². The Morgan fingerprint density at radius 3 is 2.13 bits per heavy atom. The van der Waals surface area contributed by atoms with Gasteiger partial charge in [-0.25, -0.2) is 4.98 Å². The first kappa shape index (κ1) is 31.3. The summed E-state index contributed by atoms with van der Waals surface area (Å²) in [6.45, 7) is 4.71. The fourth-order valence-electron chi connectivity index (χ4n) is 8.66. The van der Waals surface area contributed by atoms with E-state index in [4.69, 9.17) is 4.98 Å². The first-order valence-corrected chi connectivity index (χ1v) is 18.6. The molecule has 10 rings (SSSR count). The van der Waals surface area contributed by atoms with Crippen LogP contribution in [0.3, 0.4) is 0 Å². The van der Waals surface area contributed by atoms with E-state index in [1.54, 1.807) is 0 Å². The van der Waals surface area contributed by atoms with E-state index in [2.05, 4.69) is 199 Å². The Hall–Kier alpha value is -6.45. The molecule has 254 valence electrons. The average Bonchev–Trinajstić information content (AvgIpc) is 3.71. The standard InChI is InChI=1S/C50H39N3/c1-50(2)44-22-12-11-20-41(44)42-30-27-35(33-45(42)50)39-31-32-47(43-21-10-9-19-40(39)43)52(36-15-5-3-6-16-36)38-28-25-34(26-29-38)49-51-46-23-13-14-24-48(46)53(49)37-17-7-4-8-18-37/h3-5,7-15,17-33H,6,16H2,1-2H3. The molecule has 0 saturated heterocycles. The van der Waals surface area contributed by atoms with Crippen LogP contribution < -0.4 is 4.90 Å². The molecule has 1 aromatic heterocycles. The summed E-state index contributed by atoms with van der Waals surface area (Å²) in [5.74, 6) is 0.936. The molecule has 8 aromatic rings. The molecule has 0 radical (unpaired) electrons. The number of fused-ring (bicyclic) bond motifs is 5. The fourth-order valence-corrected chi connectivity index (χ4v) is 8.66. The maximum Gasteiger partial charge on any atom is 0.145 e. The highest BCUT2D eigenvalue weighted by Crippen LogP contribution is 2.50. The zero-order valence-corrected chi connectivity index (χ0v) is 30.0. The van der Waals surface area contributed by atoms with Crippen LogP contribution in [0.2, 0.25) is 0 Å². The SMILES string of the molecule is CC1(C)c2ccccc2-c2ccc(-c3ccc(N(C4=CC=CCC4)c4ccc(-c5nc6ccccc6n5-c5ccccc5)cc4)c4ccccc34)cc21. The summed E-state index contributed by atoms with van der Waals surface area (Å²) in [6.07, 6.45) is 8.72. The minimum absolute atomic E-state index is 0.0490. The molecule has 0 N–H and O–H groups in total. The summed E-state index contributed by atoms with van der Waals surface area (Å²) in [7, 11) is 0. The third-order valence-corrected chi connectivity index (χ3v) is 11.3. The lowest BCUT2D eigenvalue weighted by Gasteiger charge is -2.30. The van der Waals surface area contributed by atoms with Crippen LogP contribution in [-0.4, -0.2) is 9.55 Å². The van der Waals surface area contributed by atoms with Crippen molar-refractivity contribution in [1.82, 2.24) is 9.55 Å². The highest BCUT2D eigenvalue weighted by molar-refractivity contribution is 6.06. The lowest BCUT2D eigenvalue weighted by Crippen LogP contribution is -2.17. The van der Waals surface area contributed by atoms with Crippen molar-refractivity contribution < 1.29 is 0 Å². The predicted molar refractivity (Wildman–Crippen MR) is 222 cm³/mol. The van der Waals surface area contributed by atoms with Crippen LogP contribution in [0.1, 0.15) is 37.8 Å². The number of allylic oxidation sites excluding steroid dienone is 4. The Bertz CT molecular complexity index is 2750. The van der Waals surface area contributed by atoms with E-state index in [0.717, 1.165) is 46.6 Å². The first-order valence-electron chi connectivity index (χ1n) is 18.6. The second kappa shape index (κ2) is 12.4. The first-order chi connectivity index (χ1) is 26.1. The van der Waals surface area contributed by atoms with E-state index in [1.807, 2.05) is 0 Å². The summed E-state index contributed by atoms with van der Waals surface area (Å²) in [4.78, 5) is 7.59. The van der Waals surface area contributed by atoms with Crippen molar-refractivity contribution in [3.63, 3.8) is 0 Å². The number of anilines is 2. The Labute approximate surface area is 310 Å². The van der Waals surface area contributed by atoms with Gasteiger partial charge in [-0.3, -0.25) is 4.57 Å². The van der Waals surface area contributed by atoms with Crippen LogP contribution in [0.25, 0.3) is 61.1 Å². The molecule has 0 atom stereocenters. The van der Waals surface area contributed by atoms with Gasteiger partial charge in [0.2, 0.25) is 0 Å². The highest BCUT2D eigenvalue weighted by atomic mass is 15.2. The summed E-state index contributed by atoms with van der Waals surface area (Å²) in [5, 5.41) is 2.49. The smallest absolute Gasteiger partial charge is 0.145 e. The Kier molecular flexibility index (Phi) is 7.29. The lowest BCUT2D eigenvalue weighted by atomic mass is 9.81. The van der Waals surface area contributed by atoms with Gasteiger partial charge in [-0.15, -0.1) is 0 Å². The number of aromatic nitrogens is 2. The van der Waals surface area contributed by atoms with Crippen LogP contribution in [0.15, 0.2) is 182 Å². The number of rotatable bonds is 6. The summed E-state index contributed by atoms with van der Waals surface area (Å²) >= 11 is 0. The van der Waals surface area contributed by atoms with E-state index in [-0.39, 0.29) is 5.41 Å². The number of hydrogen-bond acceptors (Lipinski definition) is 2. The summed E-state index contributed by atoms with van der Waals surface area (Å²) in [5.41, 5.74) is 15.8. The molecule has 53 heavy (non-hydrogen) atoms. The highest BCUT2D eigenvalue weighted by Gasteiger charge is 2.35. The molecule has 0 spiro atoms. The van der Waals surface area contributed by atoms with Crippen LogP contribution in [0.5, 0.6) is 0 Å². The second-order valence-corrected chi connectivity index (χ2v) is 14.7. The molecule has 0 saturated carbocycles. The maximum absolute atomic E-state index is 5.13. The largest absolute Gasteiger partial charge is 0.314 e. The van der Waals surface area contributed by atoms with E-state index >= 15 is 0 Å². The third kappa shape index (κ3) is 5.07. The molecule has 0 aliphatic heterocycles. The van der Waals surface area contributed by atoms with Crippen molar-refractivity contribution in [2.75, 3.05) is 4.90 Å². The van der Waals surface area contributed by atoms with Crippen LogP contribution in [0, 0.1) is 0 Å². The van der Waals surface area contributed by atoms with E-state index in [9.17, 15) is 0 Å². The van der Waals surface area contributed by atoms with Gasteiger partial charge in [0.1, 0.15) is 5.82 Å². The molecule has 2 aliphatic rings. The average molecular weight is 682 g/mol. The van der Waals surface area contributed by atoms with Crippen molar-refractivity contribution in [2.45, 2.75) is 32.1 Å². The molecular formula is C50H39N3. The summed E-state index contributed by atoms with van der Waals surface area (Å²) < 4.78 is 2.27. The fraction of sp³-hybridized carbons (Fsp3) is 0.100. The molecule has 0 unspecified atom stereocenters. The number of nitrogens with zero attached hydrogens (tertiary/aromatic N) is 3. The van der Waals surface area contributed by atoms with Gasteiger partial charge in [-0.1, -0.05) is 123 Å². The number of imidazole rings is 1. The predicted octanol–water partition coefficient (Wildman–Crippen LogP) is 13.2. The van der Waals surface area contributed by atoms with E-state index < -0.39 is 0 Å². The van der Waals surface area contributed by atoms with Gasteiger partial charge in [0.25, 0.3) is 0 Å². The van der Waals surface area contributed by atoms with Crippen LogP contribution >= 0.6 is 0 Å². The molecule has 3 nitrogen and oxygen atoms in total. The molecule has 1 heterocycles. The molecule has 7 aromatic carbocycles. The van der Waals surface area contributed by atoms with Crippen molar-refractivity contribution in [3.8, 4) is 39.3 Å². The zero-order chi connectivity index (χ0) is 35.5. The van der Waals surface area contributed by atoms with Gasteiger partial charge in [0, 0.05) is 33.4 Å². The van der Waals surface area contributed by atoms with Crippen molar-refractivity contribution >= 4 is 33.2 Å². The van der Waals surface area contributed by atoms with Crippen LogP contribution in [0.4, 0.5) is 11.4 Å². The number of hydrogen-bond donors (Lipinski definition) is 0. The number of benzene rings is 7. The van der Waals surface area contributed by atoms with Crippen molar-refractivity contribution in [1.29, 1.82) is 0 Å². The molecule has 0 bridgehead atoms. The third-order valence-electron chi connectivity index (χ3n) is 11.3. The van der Waals surface area contributed by atoms with E-state index in [0.29, 0.717) is 0 Å². The zero-order valence-electron chi connectivity index (χ0n) is 30.0. The van der Waals surface area contributed by atoms with Crippen LogP contribution in [-0.2, 0) is 5.41 Å². The van der Waals surface area contributed by atoms with Crippen molar-refractivity contribution in [3.05, 3.63) is 193 Å². The van der Waals surface area contributed by atoms with Crippen molar-refractivity contribution in [2.24, 2.45) is 0 Å². The quantitative estimate of drug-likeness (QED) is 0.174. The Balaban J connectivity index is 1.09. The van der Waals surface area contributed by atoms with Gasteiger partial charge in [-0.2, -0.15) is 0 Å². The Morgan fingerprint density at radius 2 is 1.30 bits per heavy atom. The molecule has 3 heteroatoms. The maximum atomic E-state index is 5.13. The summed E-state index contributed by atoms with van der Waals surface area (Å²) in [6, 6.07) is 57.4. The topological polar surface area (TPSA) is 21.1 Å². The second-order valence-electron chi connectivity index (χ2n) is 14.7. The molecule has 0 fully saturated rings. The number of para-hydroxylation sites is 3. The van der Waals surface area contributed by atoms with Gasteiger partial charge in [-0.05, 0) is 118 Å². The minimum atomic E-state index is -0.0490. The normalized spacial score (nSPS) is 14.3.